The fourth-order valence-electron chi connectivity index (χ4n) is 1.16. The van der Waals surface area contributed by atoms with Crippen LogP contribution in [-0.4, -0.2) is 0 Å². The number of benzene rings is 1. The third-order valence-electron chi connectivity index (χ3n) is 2.04. The average Bonchev–Trinajstić information content (AvgIpc) is 2.34. The van der Waals surface area contributed by atoms with Crippen molar-refractivity contribution in [2.24, 2.45) is 0 Å². The van der Waals surface area contributed by atoms with Crippen LogP contribution < -0.4 is 5.32 Å². The third-order valence-corrected chi connectivity index (χ3v) is 2.04. The minimum Gasteiger partial charge on any atom is -0.343 e. The molecule has 82 valence electrons. The molecule has 0 radical (unpaired) electrons. The highest BCUT2D eigenvalue weighted by Crippen LogP contribution is 2.19. The number of aryl methyl sites for hydroxylation is 1. The van der Waals surface area contributed by atoms with E-state index < -0.39 is 5.82 Å². The maximum absolute atomic E-state index is 13.6. The Morgan fingerprint density at radius 3 is 2.35 bits per heavy atom. The number of hydrogen-bond acceptors (Lipinski definition) is 4. The maximum atomic E-state index is 13.6. The standard InChI is InChI=1S/C12H7FN4/c1-8-3-2-4-10(12(8)13)17-11(7-16)9(5-14)6-15/h2-4,17H,1H3. The monoisotopic (exact) mass is 226 g/mol. The van der Waals surface area contributed by atoms with Gasteiger partial charge < -0.3 is 5.32 Å². The molecule has 0 aromatic heterocycles. The molecule has 0 fully saturated rings. The van der Waals surface area contributed by atoms with Gasteiger partial charge in [-0.25, -0.2) is 4.39 Å². The summed E-state index contributed by atoms with van der Waals surface area (Å²) in [6.45, 7) is 1.58. The fraction of sp³-hybridized carbons (Fsp3) is 0.0833. The van der Waals surface area contributed by atoms with E-state index in [2.05, 4.69) is 5.32 Å². The van der Waals surface area contributed by atoms with E-state index in [4.69, 9.17) is 15.8 Å². The van der Waals surface area contributed by atoms with Gasteiger partial charge in [0.15, 0.2) is 5.57 Å². The van der Waals surface area contributed by atoms with Crippen LogP contribution in [-0.2, 0) is 0 Å². The Hall–Kier alpha value is -2.84. The zero-order valence-corrected chi connectivity index (χ0v) is 8.95. The second-order valence-corrected chi connectivity index (χ2v) is 3.15. The minimum atomic E-state index is -0.518. The molecular weight excluding hydrogens is 219 g/mol. The number of nitrogens with one attached hydrogen (secondary N) is 1. The van der Waals surface area contributed by atoms with Crippen molar-refractivity contribution in [3.8, 4) is 18.2 Å². The van der Waals surface area contributed by atoms with Gasteiger partial charge in [-0.1, -0.05) is 12.1 Å². The van der Waals surface area contributed by atoms with E-state index in [9.17, 15) is 4.39 Å². The average molecular weight is 226 g/mol. The van der Waals surface area contributed by atoms with Gasteiger partial charge in [0.1, 0.15) is 29.7 Å². The van der Waals surface area contributed by atoms with E-state index in [0.29, 0.717) is 5.56 Å². The topological polar surface area (TPSA) is 83.4 Å². The molecule has 0 unspecified atom stereocenters. The molecule has 0 aliphatic rings. The van der Waals surface area contributed by atoms with Crippen molar-refractivity contribution < 1.29 is 4.39 Å². The first kappa shape index (κ1) is 12.2. The van der Waals surface area contributed by atoms with Gasteiger partial charge in [-0.15, -0.1) is 0 Å². The van der Waals surface area contributed by atoms with Crippen LogP contribution in [0.25, 0.3) is 0 Å². The summed E-state index contributed by atoms with van der Waals surface area (Å²) in [7, 11) is 0. The van der Waals surface area contributed by atoms with Crippen molar-refractivity contribution in [3.05, 3.63) is 40.8 Å². The van der Waals surface area contributed by atoms with Crippen molar-refractivity contribution in [1.82, 2.24) is 0 Å². The van der Waals surface area contributed by atoms with Crippen LogP contribution in [0, 0.1) is 46.7 Å². The minimum absolute atomic E-state index is 0.0598. The lowest BCUT2D eigenvalue weighted by atomic mass is 10.2. The molecule has 0 bridgehead atoms. The highest BCUT2D eigenvalue weighted by atomic mass is 19.1. The summed E-state index contributed by atoms with van der Waals surface area (Å²) < 4.78 is 13.6. The first-order valence-electron chi connectivity index (χ1n) is 4.60. The first-order valence-corrected chi connectivity index (χ1v) is 4.60. The van der Waals surface area contributed by atoms with E-state index in [1.165, 1.54) is 6.07 Å². The number of allylic oxidation sites excluding steroid dienone is 2. The maximum Gasteiger partial charge on any atom is 0.163 e. The molecule has 0 aliphatic heterocycles. The van der Waals surface area contributed by atoms with Crippen molar-refractivity contribution in [2.45, 2.75) is 6.92 Å². The molecule has 0 spiro atoms. The molecule has 0 atom stereocenters. The Morgan fingerprint density at radius 1 is 1.18 bits per heavy atom. The van der Waals surface area contributed by atoms with Crippen LogP contribution in [0.5, 0.6) is 0 Å². The lowest BCUT2D eigenvalue weighted by Crippen LogP contribution is -2.03. The van der Waals surface area contributed by atoms with Crippen molar-refractivity contribution >= 4 is 5.69 Å². The largest absolute Gasteiger partial charge is 0.343 e. The van der Waals surface area contributed by atoms with Gasteiger partial charge in [0.2, 0.25) is 0 Å². The summed E-state index contributed by atoms with van der Waals surface area (Å²) in [6, 6.07) is 9.40. The van der Waals surface area contributed by atoms with Crippen LogP contribution in [0.1, 0.15) is 5.56 Å². The van der Waals surface area contributed by atoms with Gasteiger partial charge in [-0.2, -0.15) is 15.8 Å². The van der Waals surface area contributed by atoms with Crippen LogP contribution in [0.2, 0.25) is 0 Å². The molecule has 0 aliphatic carbocycles. The lowest BCUT2D eigenvalue weighted by Gasteiger charge is -2.07. The summed E-state index contributed by atoms with van der Waals surface area (Å²) >= 11 is 0. The number of rotatable bonds is 2. The van der Waals surface area contributed by atoms with Crippen molar-refractivity contribution in [3.63, 3.8) is 0 Å². The summed E-state index contributed by atoms with van der Waals surface area (Å²) in [5.74, 6) is -0.518. The van der Waals surface area contributed by atoms with Gasteiger partial charge in [0.25, 0.3) is 0 Å². The van der Waals surface area contributed by atoms with Crippen molar-refractivity contribution in [1.29, 1.82) is 15.8 Å². The smallest absolute Gasteiger partial charge is 0.163 e. The number of anilines is 1. The molecule has 1 N–H and O–H groups in total. The molecule has 17 heavy (non-hydrogen) atoms. The van der Waals surface area contributed by atoms with Crippen LogP contribution in [0.4, 0.5) is 10.1 Å². The zero-order chi connectivity index (χ0) is 12.8. The quantitative estimate of drug-likeness (QED) is 0.784. The Kier molecular flexibility index (Phi) is 3.81. The normalized spacial score (nSPS) is 8.41. The highest BCUT2D eigenvalue weighted by molar-refractivity contribution is 5.59. The van der Waals surface area contributed by atoms with E-state index in [1.54, 1.807) is 37.3 Å². The fourth-order valence-corrected chi connectivity index (χ4v) is 1.16. The van der Waals surface area contributed by atoms with E-state index >= 15 is 0 Å². The van der Waals surface area contributed by atoms with Crippen LogP contribution >= 0.6 is 0 Å². The van der Waals surface area contributed by atoms with Crippen molar-refractivity contribution in [2.75, 3.05) is 5.32 Å². The van der Waals surface area contributed by atoms with E-state index in [1.807, 2.05) is 0 Å². The molecule has 0 saturated heterocycles. The predicted molar refractivity (Wildman–Crippen MR) is 58.6 cm³/mol. The predicted octanol–water partition coefficient (Wildman–Crippen LogP) is 2.37. The summed E-state index contributed by atoms with van der Waals surface area (Å²) in [4.78, 5) is 0. The van der Waals surface area contributed by atoms with Gasteiger partial charge in [-0.3, -0.25) is 0 Å². The summed E-state index contributed by atoms with van der Waals surface area (Å²) in [6.07, 6.45) is 0. The SMILES string of the molecule is Cc1cccc(NC(C#N)=C(C#N)C#N)c1F. The molecule has 0 saturated carbocycles. The van der Waals surface area contributed by atoms with Crippen LogP contribution in [0.15, 0.2) is 29.5 Å². The molecular formula is C12H7FN4. The molecule has 1 rings (SSSR count). The lowest BCUT2D eigenvalue weighted by molar-refractivity contribution is 0.622. The molecule has 1 aromatic rings. The van der Waals surface area contributed by atoms with E-state index in [0.717, 1.165) is 0 Å². The van der Waals surface area contributed by atoms with E-state index in [-0.39, 0.29) is 17.0 Å². The highest BCUT2D eigenvalue weighted by Gasteiger charge is 2.10. The molecule has 4 nitrogen and oxygen atoms in total. The number of halogens is 1. The Morgan fingerprint density at radius 2 is 1.82 bits per heavy atom. The number of hydrogen-bond donors (Lipinski definition) is 1. The van der Waals surface area contributed by atoms with Gasteiger partial charge in [0, 0.05) is 0 Å². The molecule has 0 amide bonds. The Balaban J connectivity index is 3.21. The van der Waals surface area contributed by atoms with Crippen LogP contribution in [0.3, 0.4) is 0 Å². The zero-order valence-electron chi connectivity index (χ0n) is 8.95. The summed E-state index contributed by atoms with van der Waals surface area (Å²) in [5, 5.41) is 28.5. The van der Waals surface area contributed by atoms with Gasteiger partial charge >= 0.3 is 0 Å². The molecule has 5 heteroatoms. The molecule has 0 heterocycles. The third kappa shape index (κ3) is 2.59. The Labute approximate surface area is 97.8 Å². The Bertz CT molecular complexity index is 580. The molecule has 1 aromatic carbocycles. The summed E-state index contributed by atoms with van der Waals surface area (Å²) in [5.41, 5.74) is -0.180. The number of nitriles is 3. The van der Waals surface area contributed by atoms with Gasteiger partial charge in [0.05, 0.1) is 5.69 Å². The second kappa shape index (κ2) is 5.30. The first-order chi connectivity index (χ1) is 8.13. The second-order valence-electron chi connectivity index (χ2n) is 3.15. The van der Waals surface area contributed by atoms with Gasteiger partial charge in [-0.05, 0) is 18.6 Å². The number of nitrogens with zero attached hydrogens (tertiary/aromatic N) is 3.